The van der Waals surface area contributed by atoms with Crippen LogP contribution in [0.3, 0.4) is 0 Å². The van der Waals surface area contributed by atoms with Crippen LogP contribution < -0.4 is 10.1 Å². The van der Waals surface area contributed by atoms with Crippen molar-refractivity contribution in [3.05, 3.63) is 35.7 Å². The normalized spacial score (nSPS) is 11.8. The fraction of sp³-hybridized carbons (Fsp3) is 0.412. The number of nitrogens with one attached hydrogen (secondary N) is 2. The maximum absolute atomic E-state index is 12.7. The van der Waals surface area contributed by atoms with E-state index >= 15 is 0 Å². The van der Waals surface area contributed by atoms with Crippen molar-refractivity contribution in [2.75, 3.05) is 18.9 Å². The predicted molar refractivity (Wildman–Crippen MR) is 98.7 cm³/mol. The molecule has 1 amide bonds. The first-order valence-electron chi connectivity index (χ1n) is 8.16. The molecule has 9 heteroatoms. The average molecular weight is 380 g/mol. The fourth-order valence-corrected chi connectivity index (χ4v) is 3.93. The molecule has 1 aromatic heterocycles. The minimum Gasteiger partial charge on any atom is -0.489 e. The number of aromatic nitrogens is 2. The number of sulfonamides is 1. The van der Waals surface area contributed by atoms with Gasteiger partial charge in [-0.2, -0.15) is 9.40 Å². The lowest BCUT2D eigenvalue weighted by Crippen LogP contribution is -2.35. The Morgan fingerprint density at radius 3 is 2.54 bits per heavy atom. The molecule has 0 aliphatic carbocycles. The van der Waals surface area contributed by atoms with Crippen molar-refractivity contribution in [2.45, 2.75) is 38.7 Å². The first kappa shape index (κ1) is 19.9. The molecule has 2 rings (SSSR count). The fourth-order valence-electron chi connectivity index (χ4n) is 2.48. The summed E-state index contributed by atoms with van der Waals surface area (Å²) in [6.45, 7) is 6.66. The van der Waals surface area contributed by atoms with Gasteiger partial charge in [-0.1, -0.05) is 12.1 Å². The van der Waals surface area contributed by atoms with E-state index in [2.05, 4.69) is 15.5 Å². The Kier molecular flexibility index (Phi) is 6.04. The highest BCUT2D eigenvalue weighted by Gasteiger charge is 2.28. The van der Waals surface area contributed by atoms with Gasteiger partial charge in [0.25, 0.3) is 0 Å². The lowest BCUT2D eigenvalue weighted by Gasteiger charge is -2.18. The summed E-state index contributed by atoms with van der Waals surface area (Å²) < 4.78 is 32.0. The van der Waals surface area contributed by atoms with E-state index in [0.717, 1.165) is 4.31 Å². The highest BCUT2D eigenvalue weighted by molar-refractivity contribution is 7.89. The molecular weight excluding hydrogens is 356 g/mol. The SMILES string of the molecule is Cc1n[nH]c(C)c1S(=O)(=O)N(C)CC(=O)Nc1ccccc1OC(C)C. The molecule has 0 aliphatic rings. The van der Waals surface area contributed by atoms with Crippen molar-refractivity contribution in [1.29, 1.82) is 0 Å². The van der Waals surface area contributed by atoms with Crippen molar-refractivity contribution in [3.8, 4) is 5.75 Å². The first-order chi connectivity index (χ1) is 12.1. The van der Waals surface area contributed by atoms with Gasteiger partial charge in [-0.15, -0.1) is 0 Å². The van der Waals surface area contributed by atoms with E-state index < -0.39 is 15.9 Å². The third kappa shape index (κ3) is 4.41. The highest BCUT2D eigenvalue weighted by Crippen LogP contribution is 2.25. The van der Waals surface area contributed by atoms with Crippen LogP contribution in [0.25, 0.3) is 0 Å². The summed E-state index contributed by atoms with van der Waals surface area (Å²) >= 11 is 0. The van der Waals surface area contributed by atoms with Gasteiger partial charge < -0.3 is 10.1 Å². The summed E-state index contributed by atoms with van der Waals surface area (Å²) in [5.41, 5.74) is 1.29. The number of rotatable bonds is 7. The number of hydrogen-bond acceptors (Lipinski definition) is 5. The van der Waals surface area contributed by atoms with Crippen molar-refractivity contribution < 1.29 is 17.9 Å². The summed E-state index contributed by atoms with van der Waals surface area (Å²) in [5.74, 6) is 0.0672. The summed E-state index contributed by atoms with van der Waals surface area (Å²) in [4.78, 5) is 12.4. The Hall–Kier alpha value is -2.39. The number of ether oxygens (including phenoxy) is 1. The number of aryl methyl sites for hydroxylation is 2. The van der Waals surface area contributed by atoms with E-state index in [0.29, 0.717) is 22.8 Å². The molecule has 8 nitrogen and oxygen atoms in total. The third-order valence-corrected chi connectivity index (χ3v) is 5.69. The molecule has 142 valence electrons. The van der Waals surface area contributed by atoms with E-state index in [1.54, 1.807) is 38.1 Å². The lowest BCUT2D eigenvalue weighted by molar-refractivity contribution is -0.116. The van der Waals surface area contributed by atoms with Crippen molar-refractivity contribution in [1.82, 2.24) is 14.5 Å². The van der Waals surface area contributed by atoms with Crippen molar-refractivity contribution in [2.24, 2.45) is 0 Å². The second-order valence-electron chi connectivity index (χ2n) is 6.24. The summed E-state index contributed by atoms with van der Waals surface area (Å²) in [5, 5.41) is 9.25. The van der Waals surface area contributed by atoms with E-state index in [4.69, 9.17) is 4.74 Å². The number of anilines is 1. The number of nitrogens with zero attached hydrogens (tertiary/aromatic N) is 2. The zero-order valence-corrected chi connectivity index (χ0v) is 16.3. The number of amides is 1. The first-order valence-corrected chi connectivity index (χ1v) is 9.60. The van der Waals surface area contributed by atoms with Gasteiger partial charge in [0.05, 0.1) is 29.7 Å². The van der Waals surface area contributed by atoms with Gasteiger partial charge >= 0.3 is 0 Å². The molecule has 1 heterocycles. The molecule has 0 atom stereocenters. The van der Waals surface area contributed by atoms with E-state index in [1.807, 2.05) is 13.8 Å². The topological polar surface area (TPSA) is 104 Å². The van der Waals surface area contributed by atoms with Gasteiger partial charge in [-0.25, -0.2) is 8.42 Å². The van der Waals surface area contributed by atoms with Crippen molar-refractivity contribution >= 4 is 21.6 Å². The van der Waals surface area contributed by atoms with Crippen LogP contribution in [0.4, 0.5) is 5.69 Å². The Bertz CT molecular complexity index is 870. The number of carbonyl (C=O) groups is 1. The van der Waals surface area contributed by atoms with Gasteiger partial charge in [0.15, 0.2) is 0 Å². The average Bonchev–Trinajstić information content (AvgIpc) is 2.88. The number of benzene rings is 1. The molecule has 0 radical (unpaired) electrons. The largest absolute Gasteiger partial charge is 0.489 e. The van der Waals surface area contributed by atoms with Crippen LogP contribution in [0, 0.1) is 13.8 Å². The quantitative estimate of drug-likeness (QED) is 0.765. The van der Waals surface area contributed by atoms with Gasteiger partial charge in [-0.05, 0) is 39.8 Å². The molecule has 0 fully saturated rings. The number of H-pyrrole nitrogens is 1. The summed E-state index contributed by atoms with van der Waals surface area (Å²) in [6, 6.07) is 7.01. The van der Waals surface area contributed by atoms with E-state index in [-0.39, 0.29) is 17.5 Å². The van der Waals surface area contributed by atoms with Crippen LogP contribution in [-0.2, 0) is 14.8 Å². The van der Waals surface area contributed by atoms with Gasteiger partial charge in [-0.3, -0.25) is 9.89 Å². The Morgan fingerprint density at radius 2 is 1.96 bits per heavy atom. The van der Waals surface area contributed by atoms with Crippen LogP contribution >= 0.6 is 0 Å². The number of hydrogen-bond donors (Lipinski definition) is 2. The molecule has 1 aromatic carbocycles. The number of likely N-dealkylation sites (N-methyl/N-ethyl adjacent to an activating group) is 1. The molecule has 0 spiro atoms. The van der Waals surface area contributed by atoms with Crippen molar-refractivity contribution in [3.63, 3.8) is 0 Å². The van der Waals surface area contributed by atoms with Crippen LogP contribution in [0.15, 0.2) is 29.2 Å². The standard InChI is InChI=1S/C17H24N4O4S/c1-11(2)25-15-9-7-6-8-14(15)18-16(22)10-21(5)26(23,24)17-12(3)19-20-13(17)4/h6-9,11H,10H2,1-5H3,(H,18,22)(H,19,20). The van der Waals surface area contributed by atoms with Crippen LogP contribution in [0.2, 0.25) is 0 Å². The Balaban J connectivity index is 2.13. The van der Waals surface area contributed by atoms with Gasteiger partial charge in [0, 0.05) is 7.05 Å². The summed E-state index contributed by atoms with van der Waals surface area (Å²) in [7, 11) is -2.47. The number of aromatic amines is 1. The van der Waals surface area contributed by atoms with Gasteiger partial charge in [0.1, 0.15) is 10.6 Å². The van der Waals surface area contributed by atoms with Crippen LogP contribution in [0.5, 0.6) is 5.75 Å². The maximum Gasteiger partial charge on any atom is 0.246 e. The third-order valence-electron chi connectivity index (χ3n) is 3.62. The second-order valence-corrected chi connectivity index (χ2v) is 8.22. The minimum absolute atomic E-state index is 0.0526. The van der Waals surface area contributed by atoms with Crippen LogP contribution in [0.1, 0.15) is 25.2 Å². The zero-order valence-electron chi connectivity index (χ0n) is 15.5. The molecule has 0 bridgehead atoms. The minimum atomic E-state index is -3.83. The van der Waals surface area contributed by atoms with Gasteiger partial charge in [0.2, 0.25) is 15.9 Å². The molecule has 0 saturated heterocycles. The predicted octanol–water partition coefficient (Wildman–Crippen LogP) is 2.07. The molecule has 26 heavy (non-hydrogen) atoms. The monoisotopic (exact) mass is 380 g/mol. The molecular formula is C17H24N4O4S. The molecule has 0 saturated carbocycles. The maximum atomic E-state index is 12.7. The smallest absolute Gasteiger partial charge is 0.246 e. The zero-order chi connectivity index (χ0) is 19.5. The summed E-state index contributed by atoms with van der Waals surface area (Å²) in [6.07, 6.45) is -0.0526. The van der Waals surface area contributed by atoms with E-state index in [1.165, 1.54) is 7.05 Å². The van der Waals surface area contributed by atoms with E-state index in [9.17, 15) is 13.2 Å². The molecule has 2 aromatic rings. The number of para-hydroxylation sites is 2. The lowest BCUT2D eigenvalue weighted by atomic mass is 10.3. The Labute approximate surface area is 153 Å². The molecule has 0 aliphatic heterocycles. The Morgan fingerprint density at radius 1 is 1.31 bits per heavy atom. The second kappa shape index (κ2) is 7.88. The van der Waals surface area contributed by atoms with Crippen LogP contribution in [-0.4, -0.2) is 48.5 Å². The molecule has 2 N–H and O–H groups in total. The molecule has 0 unspecified atom stereocenters. The highest BCUT2D eigenvalue weighted by atomic mass is 32.2. The number of carbonyl (C=O) groups excluding carboxylic acids is 1.